The summed E-state index contributed by atoms with van der Waals surface area (Å²) in [6.07, 6.45) is 0.794. The summed E-state index contributed by atoms with van der Waals surface area (Å²) >= 11 is 0. The Balaban J connectivity index is 1.97. The monoisotopic (exact) mass is 299 g/mol. The zero-order valence-electron chi connectivity index (χ0n) is 13.4. The van der Waals surface area contributed by atoms with Crippen LogP contribution in [0.25, 0.3) is 0 Å². The summed E-state index contributed by atoms with van der Waals surface area (Å²) in [6, 6.07) is 7.56. The van der Waals surface area contributed by atoms with Gasteiger partial charge in [0.15, 0.2) is 5.78 Å². The molecule has 0 aliphatic carbocycles. The Hall–Kier alpha value is -2.36. The number of carbonyl (C=O) groups is 2. The van der Waals surface area contributed by atoms with Crippen molar-refractivity contribution >= 4 is 17.4 Å². The van der Waals surface area contributed by atoms with Gasteiger partial charge in [-0.15, -0.1) is 0 Å². The Morgan fingerprint density at radius 2 is 1.91 bits per heavy atom. The molecule has 1 heterocycles. The van der Waals surface area contributed by atoms with E-state index in [4.69, 9.17) is 4.42 Å². The number of furan rings is 1. The minimum Gasteiger partial charge on any atom is -0.466 e. The molecule has 1 amide bonds. The number of hydrogen-bond donors (Lipinski definition) is 1. The van der Waals surface area contributed by atoms with Gasteiger partial charge in [0.05, 0.1) is 5.56 Å². The van der Waals surface area contributed by atoms with Gasteiger partial charge in [-0.2, -0.15) is 0 Å². The van der Waals surface area contributed by atoms with Gasteiger partial charge in [-0.25, -0.2) is 0 Å². The highest BCUT2D eigenvalue weighted by atomic mass is 16.3. The van der Waals surface area contributed by atoms with E-state index in [1.807, 2.05) is 32.0 Å². The second kappa shape index (κ2) is 6.60. The van der Waals surface area contributed by atoms with Crippen molar-refractivity contribution in [1.82, 2.24) is 0 Å². The lowest BCUT2D eigenvalue weighted by molar-refractivity contribution is -0.116. The molecule has 22 heavy (non-hydrogen) atoms. The van der Waals surface area contributed by atoms with Crippen LogP contribution in [0.1, 0.15) is 46.3 Å². The first-order valence-electron chi connectivity index (χ1n) is 7.34. The standard InChI is InChI=1S/C18H21NO3/c1-11-6-5-7-17(12(11)2)19-18(21)9-8-15-10-16(13(3)20)14(4)22-15/h5-7,10H,8-9H2,1-4H3,(H,19,21). The number of ketones is 1. The Kier molecular flexibility index (Phi) is 4.81. The van der Waals surface area contributed by atoms with Crippen LogP contribution in [0.5, 0.6) is 0 Å². The molecule has 0 radical (unpaired) electrons. The maximum Gasteiger partial charge on any atom is 0.224 e. The molecule has 1 N–H and O–H groups in total. The molecule has 0 aliphatic rings. The van der Waals surface area contributed by atoms with Gasteiger partial charge < -0.3 is 9.73 Å². The molecule has 2 aromatic rings. The Morgan fingerprint density at radius 1 is 1.18 bits per heavy atom. The number of rotatable bonds is 5. The molecule has 0 spiro atoms. The number of Topliss-reactive ketones (excluding diaryl/α,β-unsaturated/α-hetero) is 1. The molecule has 0 atom stereocenters. The lowest BCUT2D eigenvalue weighted by atomic mass is 10.1. The molecular formula is C18H21NO3. The number of nitrogens with one attached hydrogen (secondary N) is 1. The van der Waals surface area contributed by atoms with Crippen molar-refractivity contribution in [3.05, 3.63) is 52.5 Å². The van der Waals surface area contributed by atoms with E-state index in [0.29, 0.717) is 29.9 Å². The summed E-state index contributed by atoms with van der Waals surface area (Å²) in [4.78, 5) is 23.4. The molecule has 0 unspecified atom stereocenters. The number of anilines is 1. The third kappa shape index (κ3) is 3.64. The summed E-state index contributed by atoms with van der Waals surface area (Å²) in [5.41, 5.74) is 3.64. The first-order chi connectivity index (χ1) is 10.4. The molecule has 1 aromatic carbocycles. The predicted molar refractivity (Wildman–Crippen MR) is 86.3 cm³/mol. The Labute approximate surface area is 130 Å². The van der Waals surface area contributed by atoms with Crippen LogP contribution in [0.2, 0.25) is 0 Å². The summed E-state index contributed by atoms with van der Waals surface area (Å²) in [7, 11) is 0. The smallest absolute Gasteiger partial charge is 0.224 e. The molecule has 0 saturated carbocycles. The summed E-state index contributed by atoms with van der Waals surface area (Å²) in [5, 5.41) is 2.92. The number of amides is 1. The fourth-order valence-electron chi connectivity index (χ4n) is 2.35. The van der Waals surface area contributed by atoms with Gasteiger partial charge in [-0.3, -0.25) is 9.59 Å². The van der Waals surface area contributed by atoms with Gasteiger partial charge in [0.2, 0.25) is 5.91 Å². The highest BCUT2D eigenvalue weighted by Gasteiger charge is 2.13. The van der Waals surface area contributed by atoms with Gasteiger partial charge in [-0.1, -0.05) is 12.1 Å². The average molecular weight is 299 g/mol. The molecular weight excluding hydrogens is 278 g/mol. The van der Waals surface area contributed by atoms with Crippen molar-refractivity contribution in [3.8, 4) is 0 Å². The Morgan fingerprint density at radius 3 is 2.55 bits per heavy atom. The van der Waals surface area contributed by atoms with E-state index in [0.717, 1.165) is 16.8 Å². The van der Waals surface area contributed by atoms with Crippen molar-refractivity contribution in [3.63, 3.8) is 0 Å². The first-order valence-corrected chi connectivity index (χ1v) is 7.34. The SMILES string of the molecule is CC(=O)c1cc(CCC(=O)Nc2cccc(C)c2C)oc1C. The normalized spacial score (nSPS) is 10.5. The van der Waals surface area contributed by atoms with E-state index >= 15 is 0 Å². The molecule has 1 aromatic heterocycles. The van der Waals surface area contributed by atoms with E-state index in [9.17, 15) is 9.59 Å². The van der Waals surface area contributed by atoms with Crippen LogP contribution >= 0.6 is 0 Å². The van der Waals surface area contributed by atoms with Crippen molar-refractivity contribution in [2.45, 2.75) is 40.5 Å². The molecule has 4 nitrogen and oxygen atoms in total. The van der Waals surface area contributed by atoms with Gasteiger partial charge in [0, 0.05) is 18.5 Å². The third-order valence-corrected chi connectivity index (χ3v) is 3.83. The molecule has 0 aliphatic heterocycles. The van der Waals surface area contributed by atoms with Crippen molar-refractivity contribution in [1.29, 1.82) is 0 Å². The van der Waals surface area contributed by atoms with Gasteiger partial charge in [0.1, 0.15) is 11.5 Å². The topological polar surface area (TPSA) is 59.3 Å². The van der Waals surface area contributed by atoms with Gasteiger partial charge in [-0.05, 0) is 51.0 Å². The van der Waals surface area contributed by atoms with Crippen LogP contribution in [0.3, 0.4) is 0 Å². The van der Waals surface area contributed by atoms with Crippen LogP contribution < -0.4 is 5.32 Å². The third-order valence-electron chi connectivity index (χ3n) is 3.83. The minimum absolute atomic E-state index is 0.0210. The van der Waals surface area contributed by atoms with Crippen molar-refractivity contribution < 1.29 is 14.0 Å². The summed E-state index contributed by atoms with van der Waals surface area (Å²) < 4.78 is 5.52. The zero-order chi connectivity index (χ0) is 16.3. The lowest BCUT2D eigenvalue weighted by Gasteiger charge is -2.09. The largest absolute Gasteiger partial charge is 0.466 e. The van der Waals surface area contributed by atoms with Crippen LogP contribution in [0.15, 0.2) is 28.7 Å². The highest BCUT2D eigenvalue weighted by Crippen LogP contribution is 2.19. The number of carbonyl (C=O) groups excluding carboxylic acids is 2. The van der Waals surface area contributed by atoms with Crippen LogP contribution in [-0.4, -0.2) is 11.7 Å². The Bertz CT molecular complexity index is 713. The van der Waals surface area contributed by atoms with E-state index < -0.39 is 0 Å². The van der Waals surface area contributed by atoms with E-state index in [-0.39, 0.29) is 11.7 Å². The molecule has 0 fully saturated rings. The lowest BCUT2D eigenvalue weighted by Crippen LogP contribution is -2.13. The number of hydrogen-bond acceptors (Lipinski definition) is 3. The van der Waals surface area contributed by atoms with Crippen LogP contribution in [0.4, 0.5) is 5.69 Å². The minimum atomic E-state index is -0.0628. The zero-order valence-corrected chi connectivity index (χ0v) is 13.4. The second-order valence-electron chi connectivity index (χ2n) is 5.53. The number of aryl methyl sites for hydroxylation is 3. The maximum absolute atomic E-state index is 12.1. The predicted octanol–water partition coefficient (Wildman–Crippen LogP) is 3.98. The van der Waals surface area contributed by atoms with Gasteiger partial charge >= 0.3 is 0 Å². The number of benzene rings is 1. The van der Waals surface area contributed by atoms with Crippen molar-refractivity contribution in [2.24, 2.45) is 0 Å². The van der Waals surface area contributed by atoms with Crippen molar-refractivity contribution in [2.75, 3.05) is 5.32 Å². The molecule has 4 heteroatoms. The first kappa shape index (κ1) is 16.0. The molecule has 2 rings (SSSR count). The average Bonchev–Trinajstić information content (AvgIpc) is 2.83. The summed E-state index contributed by atoms with van der Waals surface area (Å²) in [6.45, 7) is 7.27. The molecule has 0 saturated heterocycles. The van der Waals surface area contributed by atoms with E-state index in [2.05, 4.69) is 5.32 Å². The van der Waals surface area contributed by atoms with Crippen LogP contribution in [0, 0.1) is 20.8 Å². The van der Waals surface area contributed by atoms with E-state index in [1.54, 1.807) is 13.0 Å². The quantitative estimate of drug-likeness (QED) is 0.850. The second-order valence-corrected chi connectivity index (χ2v) is 5.53. The fourth-order valence-corrected chi connectivity index (χ4v) is 2.35. The van der Waals surface area contributed by atoms with Crippen LogP contribution in [-0.2, 0) is 11.2 Å². The van der Waals surface area contributed by atoms with E-state index in [1.165, 1.54) is 6.92 Å². The maximum atomic E-state index is 12.1. The summed E-state index contributed by atoms with van der Waals surface area (Å²) in [5.74, 6) is 1.19. The van der Waals surface area contributed by atoms with Gasteiger partial charge in [0.25, 0.3) is 0 Å². The molecule has 0 bridgehead atoms. The fraction of sp³-hybridized carbons (Fsp3) is 0.333. The molecule has 116 valence electrons. The highest BCUT2D eigenvalue weighted by molar-refractivity contribution is 5.95.